The number of carbonyl (C=O) groups is 2. The molecule has 0 spiro atoms. The second-order valence-corrected chi connectivity index (χ2v) is 9.77. The predicted molar refractivity (Wildman–Crippen MR) is 114 cm³/mol. The topological polar surface area (TPSA) is 86.8 Å². The van der Waals surface area contributed by atoms with Gasteiger partial charge in [0.15, 0.2) is 9.84 Å². The Morgan fingerprint density at radius 1 is 1.00 bits per heavy atom. The number of sulfone groups is 1. The summed E-state index contributed by atoms with van der Waals surface area (Å²) in [4.78, 5) is 28.3. The van der Waals surface area contributed by atoms with Crippen molar-refractivity contribution in [3.63, 3.8) is 0 Å². The summed E-state index contributed by atoms with van der Waals surface area (Å²) in [5.74, 6) is -1.13. The zero-order valence-corrected chi connectivity index (χ0v) is 18.1. The van der Waals surface area contributed by atoms with E-state index < -0.39 is 26.8 Å². The van der Waals surface area contributed by atoms with Crippen LogP contribution in [0, 0.1) is 5.82 Å². The lowest BCUT2D eigenvalue weighted by Crippen LogP contribution is -2.53. The van der Waals surface area contributed by atoms with Crippen LogP contribution in [-0.4, -0.2) is 68.0 Å². The molecule has 1 unspecified atom stereocenters. The van der Waals surface area contributed by atoms with Crippen molar-refractivity contribution >= 4 is 21.7 Å². The Kier molecular flexibility index (Phi) is 7.40. The van der Waals surface area contributed by atoms with Crippen molar-refractivity contribution in [2.75, 3.05) is 32.7 Å². The largest absolute Gasteiger partial charge is 0.351 e. The van der Waals surface area contributed by atoms with Crippen LogP contribution >= 0.6 is 0 Å². The van der Waals surface area contributed by atoms with Gasteiger partial charge in [0.05, 0.1) is 11.4 Å². The van der Waals surface area contributed by atoms with Gasteiger partial charge in [-0.2, -0.15) is 0 Å². The Hall–Kier alpha value is -2.78. The van der Waals surface area contributed by atoms with E-state index in [0.717, 1.165) is 17.7 Å². The molecule has 0 saturated carbocycles. The van der Waals surface area contributed by atoms with Crippen LogP contribution in [0.1, 0.15) is 12.5 Å². The Morgan fingerprint density at radius 3 is 2.23 bits per heavy atom. The average molecular weight is 448 g/mol. The molecular formula is C22H26FN3O4S. The predicted octanol–water partition coefficient (Wildman–Crippen LogP) is 1.45. The van der Waals surface area contributed by atoms with Crippen molar-refractivity contribution in [2.45, 2.75) is 23.6 Å². The van der Waals surface area contributed by atoms with Crippen molar-refractivity contribution in [3.05, 3.63) is 66.0 Å². The van der Waals surface area contributed by atoms with Gasteiger partial charge in [-0.05, 0) is 36.8 Å². The zero-order chi connectivity index (χ0) is 22.4. The summed E-state index contributed by atoms with van der Waals surface area (Å²) >= 11 is 0. The zero-order valence-electron chi connectivity index (χ0n) is 17.3. The molecule has 2 aromatic rings. The lowest BCUT2D eigenvalue weighted by Gasteiger charge is -2.35. The highest BCUT2D eigenvalue weighted by atomic mass is 32.2. The number of rotatable bonds is 7. The fraction of sp³-hybridized carbons (Fsp3) is 0.364. The molecule has 31 heavy (non-hydrogen) atoms. The Morgan fingerprint density at radius 2 is 1.61 bits per heavy atom. The van der Waals surface area contributed by atoms with Gasteiger partial charge in [0.2, 0.25) is 11.8 Å². The van der Waals surface area contributed by atoms with Gasteiger partial charge in [0.1, 0.15) is 11.1 Å². The maximum Gasteiger partial charge on any atom is 0.241 e. The molecular weight excluding hydrogens is 421 g/mol. The summed E-state index contributed by atoms with van der Waals surface area (Å²) in [6.45, 7) is 3.67. The van der Waals surface area contributed by atoms with Crippen LogP contribution < -0.4 is 5.32 Å². The molecule has 1 saturated heterocycles. The minimum Gasteiger partial charge on any atom is -0.351 e. The maximum atomic E-state index is 13.1. The standard InChI is InChI=1S/C22H26FN3O4S/c1-17(31(29,30)20-9-7-19(23)8-10-20)22(28)26-13-11-25(12-14-26)16-21(27)24-15-18-5-3-2-4-6-18/h2-10,17H,11-16H2,1H3,(H,24,27). The number of amides is 2. The fourth-order valence-electron chi connectivity index (χ4n) is 3.40. The number of nitrogens with zero attached hydrogens (tertiary/aromatic N) is 2. The normalized spacial score (nSPS) is 16.0. The lowest BCUT2D eigenvalue weighted by molar-refractivity contribution is -0.132. The molecule has 0 radical (unpaired) electrons. The fourth-order valence-corrected chi connectivity index (χ4v) is 4.74. The molecule has 1 fully saturated rings. The van der Waals surface area contributed by atoms with E-state index >= 15 is 0 Å². The maximum absolute atomic E-state index is 13.1. The van der Waals surface area contributed by atoms with Crippen molar-refractivity contribution < 1.29 is 22.4 Å². The first-order valence-electron chi connectivity index (χ1n) is 10.1. The first kappa shape index (κ1) is 22.9. The molecule has 1 heterocycles. The SMILES string of the molecule is CC(C(=O)N1CCN(CC(=O)NCc2ccccc2)CC1)S(=O)(=O)c1ccc(F)cc1. The van der Waals surface area contributed by atoms with Crippen molar-refractivity contribution in [3.8, 4) is 0 Å². The van der Waals surface area contributed by atoms with Gasteiger partial charge in [-0.1, -0.05) is 30.3 Å². The Bertz CT molecular complexity index is 1000. The van der Waals surface area contributed by atoms with Crippen LogP contribution in [0.5, 0.6) is 0 Å². The van der Waals surface area contributed by atoms with Crippen molar-refractivity contribution in [1.82, 2.24) is 15.1 Å². The summed E-state index contributed by atoms with van der Waals surface area (Å²) in [7, 11) is -3.91. The number of nitrogens with one attached hydrogen (secondary N) is 1. The summed E-state index contributed by atoms with van der Waals surface area (Å²) < 4.78 is 38.5. The smallest absolute Gasteiger partial charge is 0.241 e. The Balaban J connectivity index is 1.48. The number of benzene rings is 2. The van der Waals surface area contributed by atoms with Gasteiger partial charge in [-0.25, -0.2) is 12.8 Å². The Labute approximate surface area is 181 Å². The molecule has 0 bridgehead atoms. The van der Waals surface area contributed by atoms with E-state index in [-0.39, 0.29) is 17.3 Å². The average Bonchev–Trinajstić information content (AvgIpc) is 2.78. The summed E-state index contributed by atoms with van der Waals surface area (Å²) in [6, 6.07) is 14.1. The van der Waals surface area contributed by atoms with E-state index in [9.17, 15) is 22.4 Å². The molecule has 2 aromatic carbocycles. The summed E-state index contributed by atoms with van der Waals surface area (Å²) in [6.07, 6.45) is 0. The van der Waals surface area contributed by atoms with Crippen molar-refractivity contribution in [1.29, 1.82) is 0 Å². The third-order valence-electron chi connectivity index (χ3n) is 5.34. The number of hydrogen-bond acceptors (Lipinski definition) is 5. The van der Waals surface area contributed by atoms with Gasteiger partial charge in [-0.3, -0.25) is 14.5 Å². The van der Waals surface area contributed by atoms with Crippen LogP contribution in [0.4, 0.5) is 4.39 Å². The summed E-state index contributed by atoms with van der Waals surface area (Å²) in [5, 5.41) is 1.61. The molecule has 1 aliphatic rings. The summed E-state index contributed by atoms with van der Waals surface area (Å²) in [5.41, 5.74) is 1.02. The van der Waals surface area contributed by atoms with Crippen LogP contribution in [0.25, 0.3) is 0 Å². The molecule has 166 valence electrons. The van der Waals surface area contributed by atoms with Gasteiger partial charge in [0, 0.05) is 32.7 Å². The van der Waals surface area contributed by atoms with Crippen LogP contribution in [-0.2, 0) is 26.0 Å². The minimum atomic E-state index is -3.91. The van der Waals surface area contributed by atoms with Crippen LogP contribution in [0.2, 0.25) is 0 Å². The molecule has 1 aliphatic heterocycles. The molecule has 0 aliphatic carbocycles. The monoisotopic (exact) mass is 447 g/mol. The van der Waals surface area contributed by atoms with E-state index in [4.69, 9.17) is 0 Å². The molecule has 0 aromatic heterocycles. The third-order valence-corrected chi connectivity index (χ3v) is 7.40. The van der Waals surface area contributed by atoms with Gasteiger partial charge in [0.25, 0.3) is 0 Å². The second-order valence-electron chi connectivity index (χ2n) is 7.50. The van der Waals surface area contributed by atoms with Gasteiger partial charge in [-0.15, -0.1) is 0 Å². The quantitative estimate of drug-likeness (QED) is 0.650. The molecule has 9 heteroatoms. The first-order valence-corrected chi connectivity index (χ1v) is 11.6. The number of piperazine rings is 1. The second kappa shape index (κ2) is 10.0. The van der Waals surface area contributed by atoms with E-state index in [2.05, 4.69) is 5.32 Å². The molecule has 1 N–H and O–H groups in total. The van der Waals surface area contributed by atoms with E-state index in [0.29, 0.717) is 32.7 Å². The van der Waals surface area contributed by atoms with Crippen LogP contribution in [0.3, 0.4) is 0 Å². The minimum absolute atomic E-state index is 0.0801. The molecule has 2 amide bonds. The van der Waals surface area contributed by atoms with E-state index in [1.165, 1.54) is 24.0 Å². The molecule has 3 rings (SSSR count). The lowest BCUT2D eigenvalue weighted by atomic mass is 10.2. The number of hydrogen-bond donors (Lipinski definition) is 1. The number of halogens is 1. The van der Waals surface area contributed by atoms with Crippen molar-refractivity contribution in [2.24, 2.45) is 0 Å². The van der Waals surface area contributed by atoms with E-state index in [1.807, 2.05) is 35.2 Å². The van der Waals surface area contributed by atoms with Gasteiger partial charge < -0.3 is 10.2 Å². The molecule has 1 atom stereocenters. The highest BCUT2D eigenvalue weighted by Crippen LogP contribution is 2.19. The third kappa shape index (κ3) is 5.89. The first-order chi connectivity index (χ1) is 14.8. The van der Waals surface area contributed by atoms with E-state index in [1.54, 1.807) is 0 Å². The number of carbonyl (C=O) groups excluding carboxylic acids is 2. The highest BCUT2D eigenvalue weighted by molar-refractivity contribution is 7.92. The molecule has 7 nitrogen and oxygen atoms in total. The van der Waals surface area contributed by atoms with Gasteiger partial charge >= 0.3 is 0 Å². The van der Waals surface area contributed by atoms with Crippen LogP contribution in [0.15, 0.2) is 59.5 Å². The highest BCUT2D eigenvalue weighted by Gasteiger charge is 2.34.